The highest BCUT2D eigenvalue weighted by Gasteiger charge is 2.24. The van der Waals surface area contributed by atoms with Gasteiger partial charge in [0.15, 0.2) is 0 Å². The minimum atomic E-state index is -1.25. The van der Waals surface area contributed by atoms with E-state index >= 15 is 0 Å². The van der Waals surface area contributed by atoms with E-state index in [4.69, 9.17) is 4.74 Å². The SMILES string of the molecule is O=C(O)C[C@H](NC(=O)c1cccc(NC(=O)COC2CCNCC2)c1)C(=O)NCCc1ccccc1. The first kappa shape index (κ1) is 26.8. The molecule has 3 amide bonds. The second kappa shape index (κ2) is 14.0. The maximum atomic E-state index is 12.8. The molecule has 0 radical (unpaired) electrons. The average Bonchev–Trinajstić information content (AvgIpc) is 2.88. The largest absolute Gasteiger partial charge is 0.481 e. The number of carbonyl (C=O) groups excluding carboxylic acids is 3. The molecule has 1 heterocycles. The number of carboxylic acids is 1. The predicted octanol–water partition coefficient (Wildman–Crippen LogP) is 1.33. The van der Waals surface area contributed by atoms with Gasteiger partial charge in [0.05, 0.1) is 12.5 Å². The minimum absolute atomic E-state index is 0.0409. The van der Waals surface area contributed by atoms with Crippen molar-refractivity contribution < 1.29 is 29.0 Å². The van der Waals surface area contributed by atoms with Gasteiger partial charge >= 0.3 is 5.97 Å². The van der Waals surface area contributed by atoms with Crippen LogP contribution in [0.2, 0.25) is 0 Å². The molecular formula is C26H32N4O6. The molecule has 192 valence electrons. The summed E-state index contributed by atoms with van der Waals surface area (Å²) in [6.07, 6.45) is 1.75. The van der Waals surface area contributed by atoms with Gasteiger partial charge in [0, 0.05) is 17.8 Å². The summed E-state index contributed by atoms with van der Waals surface area (Å²) in [5, 5.41) is 20.3. The Morgan fingerprint density at radius 2 is 1.78 bits per heavy atom. The summed E-state index contributed by atoms with van der Waals surface area (Å²) in [6.45, 7) is 1.93. The number of piperidine rings is 1. The fourth-order valence-electron chi connectivity index (χ4n) is 3.81. The Morgan fingerprint density at radius 1 is 1.03 bits per heavy atom. The monoisotopic (exact) mass is 496 g/mol. The number of amides is 3. The topological polar surface area (TPSA) is 146 Å². The zero-order valence-corrected chi connectivity index (χ0v) is 20.0. The van der Waals surface area contributed by atoms with Gasteiger partial charge in [-0.05, 0) is 56.1 Å². The third-order valence-corrected chi connectivity index (χ3v) is 5.70. The normalized spacial score (nSPS) is 14.4. The lowest BCUT2D eigenvalue weighted by atomic mass is 10.1. The first-order valence-corrected chi connectivity index (χ1v) is 12.0. The van der Waals surface area contributed by atoms with Crippen LogP contribution in [-0.2, 0) is 25.5 Å². The van der Waals surface area contributed by atoms with Gasteiger partial charge in [0.2, 0.25) is 11.8 Å². The molecule has 10 nitrogen and oxygen atoms in total. The smallest absolute Gasteiger partial charge is 0.305 e. The third kappa shape index (κ3) is 9.12. The van der Waals surface area contributed by atoms with Crippen LogP contribution in [-0.4, -0.2) is 67.2 Å². The second-order valence-corrected chi connectivity index (χ2v) is 8.54. The van der Waals surface area contributed by atoms with E-state index in [0.29, 0.717) is 18.7 Å². The van der Waals surface area contributed by atoms with Crippen LogP contribution in [0.4, 0.5) is 5.69 Å². The first-order chi connectivity index (χ1) is 17.4. The van der Waals surface area contributed by atoms with E-state index in [1.807, 2.05) is 30.3 Å². The fourth-order valence-corrected chi connectivity index (χ4v) is 3.81. The maximum absolute atomic E-state index is 12.8. The molecule has 2 aromatic carbocycles. The molecule has 1 saturated heterocycles. The summed E-state index contributed by atoms with van der Waals surface area (Å²) in [4.78, 5) is 48.9. The quantitative estimate of drug-likeness (QED) is 0.298. The standard InChI is InChI=1S/C26H32N4O6/c31-23(17-36-21-10-12-27-13-11-21)29-20-8-4-7-19(15-20)25(34)30-22(16-24(32)33)26(35)28-14-9-18-5-2-1-3-6-18/h1-8,15,21-22,27H,9-14,16-17H2,(H,28,35)(H,29,31)(H,30,34)(H,32,33)/t22-/m0/s1. The third-order valence-electron chi connectivity index (χ3n) is 5.70. The molecule has 0 bridgehead atoms. The molecule has 0 spiro atoms. The van der Waals surface area contributed by atoms with Crippen LogP contribution >= 0.6 is 0 Å². The van der Waals surface area contributed by atoms with Crippen LogP contribution < -0.4 is 21.3 Å². The molecule has 1 atom stereocenters. The number of rotatable bonds is 12. The zero-order valence-electron chi connectivity index (χ0n) is 20.0. The summed E-state index contributed by atoms with van der Waals surface area (Å²) in [7, 11) is 0. The number of benzene rings is 2. The van der Waals surface area contributed by atoms with Crippen molar-refractivity contribution in [3.8, 4) is 0 Å². The molecule has 3 rings (SSSR count). The average molecular weight is 497 g/mol. The summed E-state index contributed by atoms with van der Waals surface area (Å²) in [5.74, 6) is -2.76. The van der Waals surface area contributed by atoms with Gasteiger partial charge in [-0.2, -0.15) is 0 Å². The highest BCUT2D eigenvalue weighted by atomic mass is 16.5. The van der Waals surface area contributed by atoms with Crippen LogP contribution in [0.5, 0.6) is 0 Å². The van der Waals surface area contributed by atoms with E-state index in [2.05, 4.69) is 21.3 Å². The Bertz CT molecular complexity index is 1040. The highest BCUT2D eigenvalue weighted by molar-refractivity contribution is 6.00. The molecule has 0 saturated carbocycles. The van der Waals surface area contributed by atoms with Crippen molar-refractivity contribution in [2.24, 2.45) is 0 Å². The molecule has 0 unspecified atom stereocenters. The summed E-state index contributed by atoms with van der Waals surface area (Å²) < 4.78 is 5.64. The van der Waals surface area contributed by atoms with Crippen LogP contribution in [0.1, 0.15) is 35.2 Å². The zero-order chi connectivity index (χ0) is 25.8. The minimum Gasteiger partial charge on any atom is -0.481 e. The molecule has 10 heteroatoms. The van der Waals surface area contributed by atoms with Crippen molar-refractivity contribution in [3.63, 3.8) is 0 Å². The van der Waals surface area contributed by atoms with Crippen molar-refractivity contribution in [2.75, 3.05) is 31.6 Å². The molecule has 1 fully saturated rings. The second-order valence-electron chi connectivity index (χ2n) is 8.54. The van der Waals surface area contributed by atoms with Gasteiger partial charge in [-0.25, -0.2) is 0 Å². The molecule has 2 aromatic rings. The van der Waals surface area contributed by atoms with Gasteiger partial charge in [0.25, 0.3) is 5.91 Å². The van der Waals surface area contributed by atoms with Crippen molar-refractivity contribution in [1.29, 1.82) is 0 Å². The lowest BCUT2D eigenvalue weighted by Gasteiger charge is -2.22. The molecule has 1 aliphatic heterocycles. The van der Waals surface area contributed by atoms with Gasteiger partial charge in [-0.3, -0.25) is 19.2 Å². The van der Waals surface area contributed by atoms with Gasteiger partial charge in [-0.15, -0.1) is 0 Å². The van der Waals surface area contributed by atoms with Crippen LogP contribution in [0.15, 0.2) is 54.6 Å². The summed E-state index contributed by atoms with van der Waals surface area (Å²) >= 11 is 0. The van der Waals surface area contributed by atoms with Crippen molar-refractivity contribution in [3.05, 3.63) is 65.7 Å². The number of aliphatic carboxylic acids is 1. The lowest BCUT2D eigenvalue weighted by molar-refractivity contribution is -0.139. The van der Waals surface area contributed by atoms with Gasteiger partial charge < -0.3 is 31.1 Å². The van der Waals surface area contributed by atoms with E-state index in [1.54, 1.807) is 12.1 Å². The number of carbonyl (C=O) groups is 4. The first-order valence-electron chi connectivity index (χ1n) is 12.0. The van der Waals surface area contributed by atoms with Crippen LogP contribution in [0.25, 0.3) is 0 Å². The van der Waals surface area contributed by atoms with Gasteiger partial charge in [0.1, 0.15) is 12.6 Å². The molecule has 1 aliphatic rings. The Labute approximate surface area is 209 Å². The molecule has 0 aromatic heterocycles. The van der Waals surface area contributed by atoms with E-state index in [1.165, 1.54) is 12.1 Å². The Kier molecular flexibility index (Phi) is 10.4. The number of ether oxygens (including phenoxy) is 1. The summed E-state index contributed by atoms with van der Waals surface area (Å²) in [6, 6.07) is 14.5. The lowest BCUT2D eigenvalue weighted by Crippen LogP contribution is -2.48. The van der Waals surface area contributed by atoms with Crippen LogP contribution in [0, 0.1) is 0 Å². The maximum Gasteiger partial charge on any atom is 0.305 e. The highest BCUT2D eigenvalue weighted by Crippen LogP contribution is 2.12. The molecule has 5 N–H and O–H groups in total. The van der Waals surface area contributed by atoms with Crippen molar-refractivity contribution in [2.45, 2.75) is 37.8 Å². The number of nitrogens with one attached hydrogen (secondary N) is 4. The van der Waals surface area contributed by atoms with E-state index in [-0.39, 0.29) is 24.2 Å². The Balaban J connectivity index is 1.52. The number of hydrogen-bond acceptors (Lipinski definition) is 6. The van der Waals surface area contributed by atoms with E-state index < -0.39 is 30.2 Å². The van der Waals surface area contributed by atoms with E-state index in [0.717, 1.165) is 31.5 Å². The van der Waals surface area contributed by atoms with Crippen molar-refractivity contribution in [1.82, 2.24) is 16.0 Å². The Morgan fingerprint density at radius 3 is 2.50 bits per heavy atom. The Hall–Kier alpha value is -3.76. The molecule has 36 heavy (non-hydrogen) atoms. The van der Waals surface area contributed by atoms with E-state index in [9.17, 15) is 24.3 Å². The fraction of sp³-hybridized carbons (Fsp3) is 0.385. The number of hydrogen-bond donors (Lipinski definition) is 5. The molecule has 0 aliphatic carbocycles. The summed E-state index contributed by atoms with van der Waals surface area (Å²) in [5.41, 5.74) is 1.60. The number of carboxylic acid groups (broad SMARTS) is 1. The van der Waals surface area contributed by atoms with Crippen molar-refractivity contribution >= 4 is 29.4 Å². The van der Waals surface area contributed by atoms with Gasteiger partial charge in [-0.1, -0.05) is 36.4 Å². The molecular weight excluding hydrogens is 464 g/mol. The predicted molar refractivity (Wildman–Crippen MR) is 134 cm³/mol. The number of anilines is 1. The van der Waals surface area contributed by atoms with Crippen LogP contribution in [0.3, 0.4) is 0 Å².